The maximum absolute atomic E-state index is 12.3. The Morgan fingerprint density at radius 1 is 1.08 bits per heavy atom. The number of Topliss-reactive ketones (excluding diaryl/α,β-unsaturated/α-hetero) is 1. The molecule has 1 fully saturated rings. The van der Waals surface area contributed by atoms with Crippen LogP contribution in [0.25, 0.3) is 0 Å². The fraction of sp³-hybridized carbons (Fsp3) is 0.500. The number of likely N-dealkylation sites (tertiary alicyclic amines) is 1. The molecule has 0 aromatic heterocycles. The van der Waals surface area contributed by atoms with Crippen molar-refractivity contribution in [2.24, 2.45) is 0 Å². The Hall–Kier alpha value is -1.82. The molecule has 1 unspecified atom stereocenters. The number of ketones is 1. The van der Waals surface area contributed by atoms with Gasteiger partial charge in [-0.05, 0) is 26.2 Å². The zero-order valence-electron chi connectivity index (χ0n) is 14.0. The van der Waals surface area contributed by atoms with E-state index >= 15 is 0 Å². The topological polar surface area (TPSA) is 66.5 Å². The lowest BCUT2D eigenvalue weighted by Crippen LogP contribution is -2.48. The summed E-state index contributed by atoms with van der Waals surface area (Å²) in [4.78, 5) is 38.0. The average Bonchev–Trinajstić information content (AvgIpc) is 2.62. The van der Waals surface area contributed by atoms with E-state index in [0.717, 1.165) is 32.4 Å². The highest BCUT2D eigenvalue weighted by molar-refractivity contribution is 8.00. The molecule has 1 atom stereocenters. The second kappa shape index (κ2) is 9.47. The maximum atomic E-state index is 12.3. The van der Waals surface area contributed by atoms with E-state index < -0.39 is 6.04 Å². The number of amides is 2. The van der Waals surface area contributed by atoms with Crippen LogP contribution in [0.2, 0.25) is 0 Å². The minimum atomic E-state index is -0.513. The number of carbonyl (C=O) groups excluding carboxylic acids is 3. The molecule has 24 heavy (non-hydrogen) atoms. The fourth-order valence-electron chi connectivity index (χ4n) is 2.68. The van der Waals surface area contributed by atoms with Gasteiger partial charge in [-0.3, -0.25) is 14.4 Å². The molecule has 130 valence electrons. The van der Waals surface area contributed by atoms with Crippen LogP contribution in [-0.4, -0.2) is 53.1 Å². The molecule has 0 bridgehead atoms. The summed E-state index contributed by atoms with van der Waals surface area (Å²) >= 11 is 1.27. The molecule has 6 heteroatoms. The van der Waals surface area contributed by atoms with Crippen molar-refractivity contribution in [2.45, 2.75) is 32.2 Å². The van der Waals surface area contributed by atoms with E-state index in [-0.39, 0.29) is 29.1 Å². The first kappa shape index (κ1) is 18.5. The zero-order chi connectivity index (χ0) is 17.4. The third-order valence-electron chi connectivity index (χ3n) is 3.98. The minimum absolute atomic E-state index is 0.00541. The molecule has 0 spiro atoms. The Labute approximate surface area is 147 Å². The van der Waals surface area contributed by atoms with E-state index in [2.05, 4.69) is 5.32 Å². The first-order valence-corrected chi connectivity index (χ1v) is 9.47. The summed E-state index contributed by atoms with van der Waals surface area (Å²) in [5, 5.41) is 2.73. The molecule has 1 N–H and O–H groups in total. The zero-order valence-corrected chi connectivity index (χ0v) is 14.8. The standard InChI is InChI=1S/C18H24N2O3S/c1-14(18(23)20-10-6-3-7-11-20)19-17(22)13-24-12-16(21)15-8-4-2-5-9-15/h2,4-5,8-9,14H,3,6-7,10-13H2,1H3,(H,19,22). The number of carbonyl (C=O) groups is 3. The van der Waals surface area contributed by atoms with Gasteiger partial charge in [0.05, 0.1) is 11.5 Å². The number of nitrogens with one attached hydrogen (secondary N) is 1. The van der Waals surface area contributed by atoms with Crippen molar-refractivity contribution in [1.82, 2.24) is 10.2 Å². The van der Waals surface area contributed by atoms with Crippen LogP contribution in [0.5, 0.6) is 0 Å². The van der Waals surface area contributed by atoms with Crippen molar-refractivity contribution in [3.63, 3.8) is 0 Å². The van der Waals surface area contributed by atoms with Crippen LogP contribution < -0.4 is 5.32 Å². The van der Waals surface area contributed by atoms with Gasteiger partial charge in [0.2, 0.25) is 11.8 Å². The second-order valence-electron chi connectivity index (χ2n) is 5.96. The first-order valence-electron chi connectivity index (χ1n) is 8.32. The first-order chi connectivity index (χ1) is 11.6. The highest BCUT2D eigenvalue weighted by atomic mass is 32.2. The summed E-state index contributed by atoms with van der Waals surface area (Å²) < 4.78 is 0. The van der Waals surface area contributed by atoms with Crippen LogP contribution in [0.15, 0.2) is 30.3 Å². The molecule has 0 radical (unpaired) electrons. The molecule has 0 saturated carbocycles. The monoisotopic (exact) mass is 348 g/mol. The van der Waals surface area contributed by atoms with Crippen LogP contribution in [0.4, 0.5) is 0 Å². The van der Waals surface area contributed by atoms with E-state index in [9.17, 15) is 14.4 Å². The van der Waals surface area contributed by atoms with E-state index in [1.54, 1.807) is 19.1 Å². The minimum Gasteiger partial charge on any atom is -0.344 e. The summed E-state index contributed by atoms with van der Waals surface area (Å²) in [5.74, 6) is 0.209. The van der Waals surface area contributed by atoms with Gasteiger partial charge < -0.3 is 10.2 Å². The number of hydrogen-bond acceptors (Lipinski definition) is 4. The lowest BCUT2D eigenvalue weighted by atomic mass is 10.1. The summed E-state index contributed by atoms with van der Waals surface area (Å²) in [5.41, 5.74) is 0.652. The molecular weight excluding hydrogens is 324 g/mol. The fourth-order valence-corrected chi connectivity index (χ4v) is 3.40. The molecule has 1 saturated heterocycles. The molecule has 1 aromatic rings. The summed E-state index contributed by atoms with van der Waals surface area (Å²) in [6.45, 7) is 3.27. The van der Waals surface area contributed by atoms with Crippen molar-refractivity contribution >= 4 is 29.4 Å². The predicted octanol–water partition coefficient (Wildman–Crippen LogP) is 2.12. The smallest absolute Gasteiger partial charge is 0.244 e. The van der Waals surface area contributed by atoms with Crippen LogP contribution >= 0.6 is 11.8 Å². The van der Waals surface area contributed by atoms with E-state index in [4.69, 9.17) is 0 Å². The van der Waals surface area contributed by atoms with E-state index in [1.165, 1.54) is 11.8 Å². The molecule has 1 aromatic carbocycles. The van der Waals surface area contributed by atoms with Crippen molar-refractivity contribution in [2.75, 3.05) is 24.6 Å². The normalized spacial score (nSPS) is 15.6. The summed E-state index contributed by atoms with van der Waals surface area (Å²) in [6, 6.07) is 8.51. The third-order valence-corrected chi connectivity index (χ3v) is 4.91. The molecule has 1 heterocycles. The molecule has 0 aliphatic carbocycles. The Morgan fingerprint density at radius 3 is 2.42 bits per heavy atom. The number of thioether (sulfide) groups is 1. The number of rotatable bonds is 7. The van der Waals surface area contributed by atoms with Crippen LogP contribution in [0.1, 0.15) is 36.5 Å². The maximum Gasteiger partial charge on any atom is 0.244 e. The summed E-state index contributed by atoms with van der Waals surface area (Å²) in [6.07, 6.45) is 3.23. The van der Waals surface area contributed by atoms with Gasteiger partial charge in [-0.25, -0.2) is 0 Å². The van der Waals surface area contributed by atoms with Crippen LogP contribution in [-0.2, 0) is 9.59 Å². The quantitative estimate of drug-likeness (QED) is 0.767. The highest BCUT2D eigenvalue weighted by Crippen LogP contribution is 2.10. The highest BCUT2D eigenvalue weighted by Gasteiger charge is 2.23. The van der Waals surface area contributed by atoms with Gasteiger partial charge in [0, 0.05) is 18.7 Å². The Balaban J connectivity index is 1.69. The Morgan fingerprint density at radius 2 is 1.75 bits per heavy atom. The SMILES string of the molecule is CC(NC(=O)CSCC(=O)c1ccccc1)C(=O)N1CCCCC1. The van der Waals surface area contributed by atoms with Crippen LogP contribution in [0.3, 0.4) is 0 Å². The van der Waals surface area contributed by atoms with Gasteiger partial charge in [0.1, 0.15) is 6.04 Å². The Bertz CT molecular complexity index is 571. The van der Waals surface area contributed by atoms with Crippen molar-refractivity contribution in [1.29, 1.82) is 0 Å². The number of hydrogen-bond donors (Lipinski definition) is 1. The molecule has 1 aliphatic heterocycles. The lowest BCUT2D eigenvalue weighted by molar-refractivity contribution is -0.136. The summed E-state index contributed by atoms with van der Waals surface area (Å²) in [7, 11) is 0. The molecule has 5 nitrogen and oxygen atoms in total. The number of benzene rings is 1. The van der Waals surface area contributed by atoms with Gasteiger partial charge in [0.15, 0.2) is 5.78 Å². The van der Waals surface area contributed by atoms with Gasteiger partial charge in [-0.15, -0.1) is 11.8 Å². The van der Waals surface area contributed by atoms with Gasteiger partial charge >= 0.3 is 0 Å². The van der Waals surface area contributed by atoms with Crippen molar-refractivity contribution in [3.8, 4) is 0 Å². The molecular formula is C18H24N2O3S. The van der Waals surface area contributed by atoms with Gasteiger partial charge in [0.25, 0.3) is 0 Å². The molecule has 2 rings (SSSR count). The van der Waals surface area contributed by atoms with Crippen LogP contribution in [0, 0.1) is 0 Å². The van der Waals surface area contributed by atoms with E-state index in [1.807, 2.05) is 23.1 Å². The van der Waals surface area contributed by atoms with E-state index in [0.29, 0.717) is 5.56 Å². The average molecular weight is 348 g/mol. The molecule has 1 aliphatic rings. The lowest BCUT2D eigenvalue weighted by Gasteiger charge is -2.29. The van der Waals surface area contributed by atoms with Crippen molar-refractivity contribution in [3.05, 3.63) is 35.9 Å². The molecule has 2 amide bonds. The van der Waals surface area contributed by atoms with Gasteiger partial charge in [-0.1, -0.05) is 30.3 Å². The second-order valence-corrected chi connectivity index (χ2v) is 6.94. The van der Waals surface area contributed by atoms with Crippen molar-refractivity contribution < 1.29 is 14.4 Å². The Kier molecular flexibility index (Phi) is 7.31. The predicted molar refractivity (Wildman–Crippen MR) is 96.1 cm³/mol. The number of nitrogens with zero attached hydrogens (tertiary/aromatic N) is 1. The number of piperidine rings is 1. The van der Waals surface area contributed by atoms with Gasteiger partial charge in [-0.2, -0.15) is 0 Å². The largest absolute Gasteiger partial charge is 0.344 e. The third kappa shape index (κ3) is 5.67.